The molecule has 1 aromatic heterocycles. The van der Waals surface area contributed by atoms with E-state index in [1.165, 1.54) is 44.4 Å². The van der Waals surface area contributed by atoms with Gasteiger partial charge >= 0.3 is 5.69 Å². The summed E-state index contributed by atoms with van der Waals surface area (Å²) in [5.41, 5.74) is 4.81. The fourth-order valence-electron chi connectivity index (χ4n) is 5.02. The maximum atomic E-state index is 15.6. The number of nitrogens with one attached hydrogen (secondary N) is 1. The number of ether oxygens (including phenoxy) is 1. The third kappa shape index (κ3) is 6.61. The number of hydrogen-bond donors (Lipinski definition) is 2. The number of nitrogens with zero attached hydrogens (tertiary/aromatic N) is 2. The fraction of sp³-hybridized carbons (Fsp3) is 0.290. The number of aromatic nitrogens is 2. The highest BCUT2D eigenvalue weighted by Crippen LogP contribution is 2.29. The van der Waals surface area contributed by atoms with E-state index < -0.39 is 51.5 Å². The molecule has 43 heavy (non-hydrogen) atoms. The van der Waals surface area contributed by atoms with Crippen LogP contribution in [0.5, 0.6) is 5.75 Å². The summed E-state index contributed by atoms with van der Waals surface area (Å²) >= 11 is 0. The second-order valence-corrected chi connectivity index (χ2v) is 12.2. The minimum Gasteiger partial charge on any atom is -0.494 e. The lowest BCUT2D eigenvalue weighted by atomic mass is 10.0. The van der Waals surface area contributed by atoms with E-state index in [9.17, 15) is 18.0 Å². The van der Waals surface area contributed by atoms with Crippen LogP contribution in [0.4, 0.5) is 8.78 Å². The Morgan fingerprint density at radius 3 is 2.28 bits per heavy atom. The molecule has 3 N–H and O–H groups in total. The van der Waals surface area contributed by atoms with E-state index in [0.29, 0.717) is 6.42 Å². The van der Waals surface area contributed by atoms with Crippen molar-refractivity contribution >= 4 is 9.84 Å². The lowest BCUT2D eigenvalue weighted by molar-refractivity contribution is 0.378. The molecular formula is C31H34F2N4O5S. The number of hydrogen-bond acceptors (Lipinski definition) is 7. The van der Waals surface area contributed by atoms with Crippen LogP contribution in [0.3, 0.4) is 0 Å². The van der Waals surface area contributed by atoms with Crippen molar-refractivity contribution in [3.05, 3.63) is 116 Å². The predicted molar refractivity (Wildman–Crippen MR) is 161 cm³/mol. The molecule has 0 aliphatic rings. The molecule has 0 spiro atoms. The summed E-state index contributed by atoms with van der Waals surface area (Å²) in [7, 11) is -2.61. The van der Waals surface area contributed by atoms with E-state index in [0.717, 1.165) is 27.0 Å². The van der Waals surface area contributed by atoms with Crippen LogP contribution in [0.1, 0.15) is 36.2 Å². The predicted octanol–water partition coefficient (Wildman–Crippen LogP) is 3.75. The quantitative estimate of drug-likeness (QED) is 0.247. The van der Waals surface area contributed by atoms with Gasteiger partial charge in [-0.05, 0) is 37.1 Å². The van der Waals surface area contributed by atoms with Gasteiger partial charge < -0.3 is 10.5 Å². The Morgan fingerprint density at radius 1 is 0.977 bits per heavy atom. The van der Waals surface area contributed by atoms with Crippen molar-refractivity contribution < 1.29 is 21.9 Å². The molecule has 2 atom stereocenters. The van der Waals surface area contributed by atoms with Crippen LogP contribution in [-0.4, -0.2) is 37.1 Å². The number of benzene rings is 3. The van der Waals surface area contributed by atoms with Gasteiger partial charge in [0.25, 0.3) is 5.56 Å². The molecule has 0 fully saturated rings. The lowest BCUT2D eigenvalue weighted by Crippen LogP contribution is -2.47. The fourth-order valence-corrected chi connectivity index (χ4v) is 5.95. The summed E-state index contributed by atoms with van der Waals surface area (Å²) in [5, 5.41) is 3.23. The molecule has 0 bridgehead atoms. The van der Waals surface area contributed by atoms with E-state index in [2.05, 4.69) is 5.32 Å². The van der Waals surface area contributed by atoms with Crippen LogP contribution in [0, 0.1) is 18.6 Å². The largest absolute Gasteiger partial charge is 0.494 e. The van der Waals surface area contributed by atoms with Crippen molar-refractivity contribution in [2.45, 2.75) is 50.5 Å². The average Bonchev–Trinajstić information content (AvgIpc) is 2.98. The average molecular weight is 613 g/mol. The molecule has 12 heteroatoms. The molecule has 0 radical (unpaired) electrons. The van der Waals surface area contributed by atoms with E-state index in [4.69, 9.17) is 10.5 Å². The molecule has 228 valence electrons. The Kier molecular flexibility index (Phi) is 9.63. The zero-order valence-electron chi connectivity index (χ0n) is 24.3. The van der Waals surface area contributed by atoms with E-state index in [1.54, 1.807) is 12.1 Å². The second kappa shape index (κ2) is 13.0. The summed E-state index contributed by atoms with van der Waals surface area (Å²) in [5.74, 6) is -1.79. The molecule has 2 unspecified atom stereocenters. The molecule has 0 saturated heterocycles. The maximum absolute atomic E-state index is 15.6. The number of halogens is 2. The first-order valence-corrected chi connectivity index (χ1v) is 15.5. The molecule has 9 nitrogen and oxygen atoms in total. The third-order valence-electron chi connectivity index (χ3n) is 7.35. The first-order valence-electron chi connectivity index (χ1n) is 13.6. The van der Waals surface area contributed by atoms with Gasteiger partial charge in [-0.15, -0.1) is 0 Å². The number of sulfone groups is 1. The van der Waals surface area contributed by atoms with Gasteiger partial charge in [0.15, 0.2) is 21.4 Å². The highest BCUT2D eigenvalue weighted by molar-refractivity contribution is 7.90. The Morgan fingerprint density at radius 2 is 1.65 bits per heavy atom. The molecule has 4 rings (SSSR count). The van der Waals surface area contributed by atoms with Crippen LogP contribution < -0.4 is 27.0 Å². The topological polar surface area (TPSA) is 125 Å². The smallest absolute Gasteiger partial charge is 0.331 e. The Bertz CT molecular complexity index is 1860. The highest BCUT2D eigenvalue weighted by Gasteiger charge is 2.26. The second-order valence-electron chi connectivity index (χ2n) is 10.2. The van der Waals surface area contributed by atoms with Gasteiger partial charge in [0, 0.05) is 23.1 Å². The number of nitrogens with two attached hydrogens (primary N) is 1. The van der Waals surface area contributed by atoms with Gasteiger partial charge in [-0.3, -0.25) is 19.2 Å². The summed E-state index contributed by atoms with van der Waals surface area (Å²) in [6, 6.07) is 16.3. The zero-order valence-corrected chi connectivity index (χ0v) is 25.1. The van der Waals surface area contributed by atoms with Gasteiger partial charge in [0.1, 0.15) is 5.82 Å². The minimum atomic E-state index is -3.89. The summed E-state index contributed by atoms with van der Waals surface area (Å²) < 4.78 is 63.0. The van der Waals surface area contributed by atoms with Gasteiger partial charge in [0.2, 0.25) is 0 Å². The monoisotopic (exact) mass is 612 g/mol. The lowest BCUT2D eigenvalue weighted by Gasteiger charge is -2.25. The van der Waals surface area contributed by atoms with Crippen LogP contribution in [0.25, 0.3) is 11.1 Å². The van der Waals surface area contributed by atoms with Gasteiger partial charge in [-0.1, -0.05) is 55.5 Å². The zero-order chi connectivity index (χ0) is 31.5. The molecule has 1 heterocycles. The Balaban J connectivity index is 2.03. The molecule has 0 saturated carbocycles. The van der Waals surface area contributed by atoms with Crippen molar-refractivity contribution in [2.75, 3.05) is 13.4 Å². The minimum absolute atomic E-state index is 0.0237. The maximum Gasteiger partial charge on any atom is 0.331 e. The molecule has 0 aliphatic heterocycles. The summed E-state index contributed by atoms with van der Waals surface area (Å²) in [4.78, 5) is 27.9. The molecule has 4 aromatic rings. The summed E-state index contributed by atoms with van der Waals surface area (Å²) in [6.45, 7) is 2.57. The summed E-state index contributed by atoms with van der Waals surface area (Å²) in [6.07, 6.45) is 1.02. The normalized spacial score (nSPS) is 13.1. The first-order chi connectivity index (χ1) is 20.4. The molecule has 0 amide bonds. The Hall–Kier alpha value is -4.13. The van der Waals surface area contributed by atoms with Crippen LogP contribution in [0.2, 0.25) is 0 Å². The van der Waals surface area contributed by atoms with Crippen LogP contribution in [0.15, 0.2) is 81.2 Å². The van der Waals surface area contributed by atoms with E-state index in [-0.39, 0.29) is 39.6 Å². The van der Waals surface area contributed by atoms with Gasteiger partial charge in [0.05, 0.1) is 42.9 Å². The van der Waals surface area contributed by atoms with Crippen molar-refractivity contribution in [3.63, 3.8) is 0 Å². The van der Waals surface area contributed by atoms with E-state index >= 15 is 8.78 Å². The van der Waals surface area contributed by atoms with Crippen molar-refractivity contribution in [3.8, 4) is 16.9 Å². The number of methoxy groups -OCH3 is 1. The van der Waals surface area contributed by atoms with Crippen LogP contribution in [-0.2, 0) is 22.9 Å². The van der Waals surface area contributed by atoms with Gasteiger partial charge in [-0.2, -0.15) is 0 Å². The SMILES string of the molecule is CCC(N)NC(Cn1c(=O)c(-c2cccc(OC)c2F)c(C)n(Cc2c(F)cccc2S(C)(=O)=O)c1=O)c1ccccc1. The molecule has 0 aliphatic carbocycles. The van der Waals surface area contributed by atoms with Crippen LogP contribution >= 0.6 is 0 Å². The van der Waals surface area contributed by atoms with Crippen molar-refractivity contribution in [1.82, 2.24) is 14.5 Å². The van der Waals surface area contributed by atoms with Crippen molar-refractivity contribution in [1.29, 1.82) is 0 Å². The highest BCUT2D eigenvalue weighted by atomic mass is 32.2. The molecular weight excluding hydrogens is 578 g/mol. The molecule has 3 aromatic carbocycles. The van der Waals surface area contributed by atoms with Crippen molar-refractivity contribution in [2.24, 2.45) is 5.73 Å². The number of rotatable bonds is 11. The van der Waals surface area contributed by atoms with Gasteiger partial charge in [-0.25, -0.2) is 22.0 Å². The third-order valence-corrected chi connectivity index (χ3v) is 8.54. The first kappa shape index (κ1) is 31.8. The Labute approximate surface area is 248 Å². The standard InChI is InChI=1S/C31H34F2N4O5S/c1-5-27(34)35-24(20-11-7-6-8-12-20)18-37-30(38)28(21-13-9-15-25(42-3)29(21)33)19(2)36(31(37)39)17-22-23(32)14-10-16-26(22)43(4,40)41/h6-16,24,27,35H,5,17-18,34H2,1-4H3. The van der Waals surface area contributed by atoms with E-state index in [1.807, 2.05) is 25.1 Å².